The van der Waals surface area contributed by atoms with E-state index >= 15 is 0 Å². The third kappa shape index (κ3) is 3.15. The molecule has 7 heteroatoms. The largest absolute Gasteiger partial charge is 0.478 e. The Kier molecular flexibility index (Phi) is 3.56. The number of amides is 1. The monoisotopic (exact) mass is 261 g/mol. The molecular weight excluding hydrogens is 250 g/mol. The van der Waals surface area contributed by atoms with Gasteiger partial charge in [-0.05, 0) is 31.2 Å². The second-order valence-electron chi connectivity index (χ2n) is 3.80. The number of hydrogen-bond donors (Lipinski definition) is 2. The Balaban J connectivity index is 1.98. The highest BCUT2D eigenvalue weighted by atomic mass is 16.5. The van der Waals surface area contributed by atoms with E-state index in [2.05, 4.69) is 15.5 Å². The van der Waals surface area contributed by atoms with Crippen LogP contribution >= 0.6 is 0 Å². The zero-order valence-electron chi connectivity index (χ0n) is 10.1. The van der Waals surface area contributed by atoms with Crippen LogP contribution in [-0.2, 0) is 6.54 Å². The molecule has 0 atom stereocenters. The van der Waals surface area contributed by atoms with Crippen LogP contribution in [0, 0.1) is 6.92 Å². The molecular formula is C12H11N3O4. The van der Waals surface area contributed by atoms with Crippen LogP contribution in [0.4, 0.5) is 0 Å². The van der Waals surface area contributed by atoms with Crippen molar-refractivity contribution in [3.8, 4) is 0 Å². The summed E-state index contributed by atoms with van der Waals surface area (Å²) in [7, 11) is 0. The van der Waals surface area contributed by atoms with Gasteiger partial charge in [0.15, 0.2) is 5.82 Å². The van der Waals surface area contributed by atoms with E-state index in [1.54, 1.807) is 6.92 Å². The van der Waals surface area contributed by atoms with Gasteiger partial charge in [-0.15, -0.1) is 0 Å². The first-order chi connectivity index (χ1) is 9.06. The third-order valence-corrected chi connectivity index (χ3v) is 2.36. The molecule has 19 heavy (non-hydrogen) atoms. The highest BCUT2D eigenvalue weighted by molar-refractivity contribution is 5.95. The Bertz CT molecular complexity index is 604. The molecule has 1 heterocycles. The van der Waals surface area contributed by atoms with Gasteiger partial charge in [0.25, 0.3) is 5.91 Å². The van der Waals surface area contributed by atoms with Crippen molar-refractivity contribution in [1.82, 2.24) is 15.5 Å². The highest BCUT2D eigenvalue weighted by Gasteiger charge is 2.09. The molecule has 0 saturated heterocycles. The molecule has 0 fully saturated rings. The summed E-state index contributed by atoms with van der Waals surface area (Å²) in [6.07, 6.45) is 0. The molecule has 0 radical (unpaired) electrons. The quantitative estimate of drug-likeness (QED) is 0.850. The minimum atomic E-state index is -1.03. The molecule has 2 N–H and O–H groups in total. The van der Waals surface area contributed by atoms with Crippen LogP contribution in [-0.4, -0.2) is 27.1 Å². The fourth-order valence-electron chi connectivity index (χ4n) is 1.43. The maximum absolute atomic E-state index is 11.8. The summed E-state index contributed by atoms with van der Waals surface area (Å²) in [4.78, 5) is 26.4. The standard InChI is InChI=1S/C12H11N3O4/c1-7-14-10(19-15-7)6-13-11(16)8-2-4-9(5-3-8)12(17)18/h2-5H,6H2,1H3,(H,13,16)(H,17,18). The van der Waals surface area contributed by atoms with Gasteiger partial charge in [-0.1, -0.05) is 5.16 Å². The van der Waals surface area contributed by atoms with E-state index < -0.39 is 5.97 Å². The molecule has 2 aromatic rings. The Hall–Kier alpha value is -2.70. The number of rotatable bonds is 4. The highest BCUT2D eigenvalue weighted by Crippen LogP contribution is 2.05. The molecule has 1 amide bonds. The van der Waals surface area contributed by atoms with Gasteiger partial charge in [0, 0.05) is 5.56 Å². The van der Waals surface area contributed by atoms with E-state index in [1.165, 1.54) is 24.3 Å². The first kappa shape index (κ1) is 12.7. The van der Waals surface area contributed by atoms with E-state index in [0.29, 0.717) is 17.3 Å². The number of carboxylic acids is 1. The molecule has 98 valence electrons. The van der Waals surface area contributed by atoms with Crippen LogP contribution in [0.5, 0.6) is 0 Å². The number of benzene rings is 1. The number of hydrogen-bond acceptors (Lipinski definition) is 5. The minimum Gasteiger partial charge on any atom is -0.478 e. The number of nitrogens with zero attached hydrogens (tertiary/aromatic N) is 2. The minimum absolute atomic E-state index is 0.125. The van der Waals surface area contributed by atoms with Gasteiger partial charge in [-0.25, -0.2) is 4.79 Å². The number of aromatic carboxylic acids is 1. The molecule has 0 unspecified atom stereocenters. The molecule has 7 nitrogen and oxygen atoms in total. The Morgan fingerprint density at radius 3 is 2.42 bits per heavy atom. The van der Waals surface area contributed by atoms with Gasteiger partial charge in [-0.2, -0.15) is 4.98 Å². The summed E-state index contributed by atoms with van der Waals surface area (Å²) in [5.41, 5.74) is 0.491. The molecule has 2 rings (SSSR count). The lowest BCUT2D eigenvalue weighted by Crippen LogP contribution is -2.23. The number of nitrogens with one attached hydrogen (secondary N) is 1. The van der Waals surface area contributed by atoms with Crippen LogP contribution in [0.25, 0.3) is 0 Å². The Morgan fingerprint density at radius 1 is 1.26 bits per heavy atom. The molecule has 0 bridgehead atoms. The van der Waals surface area contributed by atoms with Gasteiger partial charge in [-0.3, -0.25) is 4.79 Å². The first-order valence-electron chi connectivity index (χ1n) is 5.47. The number of aryl methyl sites for hydroxylation is 1. The summed E-state index contributed by atoms with van der Waals surface area (Å²) in [5.74, 6) is -0.566. The van der Waals surface area contributed by atoms with Gasteiger partial charge in [0.05, 0.1) is 12.1 Å². The summed E-state index contributed by atoms with van der Waals surface area (Å²) >= 11 is 0. The molecule has 0 spiro atoms. The lowest BCUT2D eigenvalue weighted by molar-refractivity contribution is 0.0696. The SMILES string of the molecule is Cc1noc(CNC(=O)c2ccc(C(=O)O)cc2)n1. The molecule has 1 aromatic heterocycles. The molecule has 0 aliphatic heterocycles. The number of aromatic nitrogens is 2. The van der Waals surface area contributed by atoms with Crippen LogP contribution in [0.3, 0.4) is 0 Å². The third-order valence-electron chi connectivity index (χ3n) is 2.36. The predicted molar refractivity (Wildman–Crippen MR) is 63.6 cm³/mol. The van der Waals surface area contributed by atoms with E-state index in [0.717, 1.165) is 0 Å². The van der Waals surface area contributed by atoms with Crippen molar-refractivity contribution in [1.29, 1.82) is 0 Å². The zero-order chi connectivity index (χ0) is 13.8. The van der Waals surface area contributed by atoms with Crippen molar-refractivity contribution < 1.29 is 19.2 Å². The second-order valence-corrected chi connectivity index (χ2v) is 3.80. The number of carboxylic acid groups (broad SMARTS) is 1. The first-order valence-corrected chi connectivity index (χ1v) is 5.47. The van der Waals surface area contributed by atoms with Crippen molar-refractivity contribution in [3.05, 3.63) is 47.1 Å². The van der Waals surface area contributed by atoms with Gasteiger partial charge < -0.3 is 14.9 Å². The number of carbonyl (C=O) groups excluding carboxylic acids is 1. The molecule has 0 aliphatic rings. The van der Waals surface area contributed by atoms with Crippen LogP contribution in [0.15, 0.2) is 28.8 Å². The van der Waals surface area contributed by atoms with Crippen molar-refractivity contribution in [2.75, 3.05) is 0 Å². The van der Waals surface area contributed by atoms with Crippen molar-refractivity contribution in [2.45, 2.75) is 13.5 Å². The lowest BCUT2D eigenvalue weighted by atomic mass is 10.1. The van der Waals surface area contributed by atoms with E-state index in [1.807, 2.05) is 0 Å². The van der Waals surface area contributed by atoms with E-state index in [4.69, 9.17) is 9.63 Å². The van der Waals surface area contributed by atoms with Crippen molar-refractivity contribution in [3.63, 3.8) is 0 Å². The van der Waals surface area contributed by atoms with Gasteiger partial charge >= 0.3 is 5.97 Å². The predicted octanol–water partition coefficient (Wildman–Crippen LogP) is 1.01. The smallest absolute Gasteiger partial charge is 0.335 e. The van der Waals surface area contributed by atoms with Crippen molar-refractivity contribution in [2.24, 2.45) is 0 Å². The average molecular weight is 261 g/mol. The summed E-state index contributed by atoms with van der Waals surface area (Å²) in [5, 5.41) is 14.9. The maximum atomic E-state index is 11.8. The average Bonchev–Trinajstić information content (AvgIpc) is 2.82. The Labute approximate surface area is 108 Å². The maximum Gasteiger partial charge on any atom is 0.335 e. The fourth-order valence-corrected chi connectivity index (χ4v) is 1.43. The second kappa shape index (κ2) is 5.30. The number of carbonyl (C=O) groups is 2. The van der Waals surface area contributed by atoms with E-state index in [9.17, 15) is 9.59 Å². The normalized spacial score (nSPS) is 10.2. The summed E-state index contributed by atoms with van der Waals surface area (Å²) in [6.45, 7) is 1.81. The van der Waals surface area contributed by atoms with Crippen LogP contribution in [0.2, 0.25) is 0 Å². The summed E-state index contributed by atoms with van der Waals surface area (Å²) < 4.78 is 4.85. The lowest BCUT2D eigenvalue weighted by Gasteiger charge is -2.02. The van der Waals surface area contributed by atoms with Crippen molar-refractivity contribution >= 4 is 11.9 Å². The zero-order valence-corrected chi connectivity index (χ0v) is 10.1. The molecule has 0 saturated carbocycles. The molecule has 0 aliphatic carbocycles. The summed E-state index contributed by atoms with van der Waals surface area (Å²) in [6, 6.07) is 5.62. The van der Waals surface area contributed by atoms with Crippen LogP contribution in [0.1, 0.15) is 32.4 Å². The van der Waals surface area contributed by atoms with Crippen LogP contribution < -0.4 is 5.32 Å². The molecule has 1 aromatic carbocycles. The topological polar surface area (TPSA) is 105 Å². The fraction of sp³-hybridized carbons (Fsp3) is 0.167. The van der Waals surface area contributed by atoms with Gasteiger partial charge in [0.1, 0.15) is 0 Å². The Morgan fingerprint density at radius 2 is 1.89 bits per heavy atom. The van der Waals surface area contributed by atoms with E-state index in [-0.39, 0.29) is 18.0 Å². The van der Waals surface area contributed by atoms with Gasteiger partial charge in [0.2, 0.25) is 5.89 Å².